The third-order valence-electron chi connectivity index (χ3n) is 3.24. The molecule has 0 saturated carbocycles. The lowest BCUT2D eigenvalue weighted by Crippen LogP contribution is -2.00. The van der Waals surface area contributed by atoms with Crippen LogP contribution in [0.5, 0.6) is 0 Å². The first kappa shape index (κ1) is 18.6. The molecule has 3 rings (SSSR count). The summed E-state index contributed by atoms with van der Waals surface area (Å²) in [5.74, 6) is 0.932. The van der Waals surface area contributed by atoms with Gasteiger partial charge in [-0.05, 0) is 12.1 Å². The number of pyridine rings is 1. The van der Waals surface area contributed by atoms with Crippen LogP contribution in [-0.2, 0) is 15.6 Å². The van der Waals surface area contributed by atoms with Gasteiger partial charge in [0, 0.05) is 19.5 Å². The van der Waals surface area contributed by atoms with Crippen molar-refractivity contribution in [2.45, 2.75) is 5.75 Å². The van der Waals surface area contributed by atoms with Gasteiger partial charge in [0.15, 0.2) is 32.3 Å². The Bertz CT molecular complexity index is 1130. The highest BCUT2D eigenvalue weighted by Crippen LogP contribution is 2.34. The average molecular weight is 402 g/mol. The molecule has 12 heteroatoms. The van der Waals surface area contributed by atoms with Crippen molar-refractivity contribution in [2.24, 2.45) is 10.2 Å². The summed E-state index contributed by atoms with van der Waals surface area (Å²) in [6, 6.07) is 7.29. The second-order valence-corrected chi connectivity index (χ2v) is 8.58. The van der Waals surface area contributed by atoms with Crippen molar-refractivity contribution in [3.05, 3.63) is 41.2 Å². The number of hydrogen-bond acceptors (Lipinski definition) is 10. The van der Waals surface area contributed by atoms with Gasteiger partial charge in [-0.25, -0.2) is 18.4 Å². The molecule has 0 fully saturated rings. The molecular formula is C15H14N8O2S2. The molecule has 0 aromatic carbocycles. The number of azo groups is 1. The van der Waals surface area contributed by atoms with Crippen LogP contribution in [0.4, 0.5) is 16.6 Å². The molecule has 0 radical (unpaired) electrons. The fraction of sp³-hybridized carbons (Fsp3) is 0.200. The summed E-state index contributed by atoms with van der Waals surface area (Å²) < 4.78 is 24.4. The average Bonchev–Trinajstić information content (AvgIpc) is 3.22. The standard InChI is InChI=1S/C15H14N8O2S2/c1-17-13-15(26-12(20-13)9-27(2,24)25)22-21-14-10(7-16)8-19-23(14)11-5-3-4-6-18-11/h3-6,8,17H,9H2,1-2H3/b22-21+. The Kier molecular flexibility index (Phi) is 5.24. The molecule has 27 heavy (non-hydrogen) atoms. The Labute approximate surface area is 159 Å². The van der Waals surface area contributed by atoms with Crippen LogP contribution in [0.15, 0.2) is 40.8 Å². The van der Waals surface area contributed by atoms with E-state index in [-0.39, 0.29) is 17.1 Å². The monoisotopic (exact) mass is 402 g/mol. The molecule has 1 N–H and O–H groups in total. The van der Waals surface area contributed by atoms with Crippen LogP contribution in [0.1, 0.15) is 10.6 Å². The maximum atomic E-state index is 11.5. The predicted molar refractivity (Wildman–Crippen MR) is 100 cm³/mol. The molecule has 0 atom stereocenters. The number of sulfone groups is 1. The van der Waals surface area contributed by atoms with Gasteiger partial charge < -0.3 is 5.32 Å². The number of nitriles is 1. The maximum absolute atomic E-state index is 11.5. The minimum atomic E-state index is -3.22. The van der Waals surface area contributed by atoms with Crippen LogP contribution in [0.3, 0.4) is 0 Å². The van der Waals surface area contributed by atoms with E-state index in [0.717, 1.165) is 17.6 Å². The zero-order valence-electron chi connectivity index (χ0n) is 14.4. The summed E-state index contributed by atoms with van der Waals surface area (Å²) >= 11 is 1.11. The van der Waals surface area contributed by atoms with Crippen molar-refractivity contribution in [1.29, 1.82) is 5.26 Å². The normalized spacial score (nSPS) is 11.6. The van der Waals surface area contributed by atoms with Crippen LogP contribution < -0.4 is 5.32 Å². The van der Waals surface area contributed by atoms with E-state index in [0.29, 0.717) is 21.6 Å². The van der Waals surface area contributed by atoms with Gasteiger partial charge in [-0.3, -0.25) is 0 Å². The van der Waals surface area contributed by atoms with Crippen molar-refractivity contribution in [3.63, 3.8) is 0 Å². The second kappa shape index (κ2) is 7.60. The Morgan fingerprint density at radius 1 is 1.37 bits per heavy atom. The Morgan fingerprint density at radius 2 is 2.19 bits per heavy atom. The highest BCUT2D eigenvalue weighted by Gasteiger charge is 2.16. The zero-order valence-corrected chi connectivity index (χ0v) is 16.0. The summed E-state index contributed by atoms with van der Waals surface area (Å²) in [7, 11) is -1.57. The van der Waals surface area contributed by atoms with E-state index in [4.69, 9.17) is 0 Å². The maximum Gasteiger partial charge on any atom is 0.197 e. The molecule has 0 aliphatic carbocycles. The van der Waals surface area contributed by atoms with E-state index < -0.39 is 9.84 Å². The lowest BCUT2D eigenvalue weighted by Gasteiger charge is -2.01. The lowest BCUT2D eigenvalue weighted by atomic mass is 10.3. The molecule has 138 valence electrons. The number of hydrogen-bond donors (Lipinski definition) is 1. The van der Waals surface area contributed by atoms with Crippen molar-refractivity contribution < 1.29 is 8.42 Å². The molecule has 0 bridgehead atoms. The van der Waals surface area contributed by atoms with Crippen LogP contribution in [0.25, 0.3) is 5.82 Å². The van der Waals surface area contributed by atoms with E-state index in [1.165, 1.54) is 10.9 Å². The van der Waals surface area contributed by atoms with Crippen molar-refractivity contribution in [1.82, 2.24) is 19.7 Å². The molecule has 3 aromatic heterocycles. The molecule has 0 saturated heterocycles. The third-order valence-corrected chi connectivity index (χ3v) is 5.16. The highest BCUT2D eigenvalue weighted by atomic mass is 32.2. The Balaban J connectivity index is 2.00. The molecule has 10 nitrogen and oxygen atoms in total. The second-order valence-electron chi connectivity index (χ2n) is 5.37. The van der Waals surface area contributed by atoms with E-state index in [1.807, 2.05) is 6.07 Å². The molecule has 0 aliphatic heterocycles. The van der Waals surface area contributed by atoms with E-state index in [1.54, 1.807) is 31.4 Å². The Morgan fingerprint density at radius 3 is 2.81 bits per heavy atom. The smallest absolute Gasteiger partial charge is 0.197 e. The molecule has 0 unspecified atom stereocenters. The number of nitrogens with one attached hydrogen (secondary N) is 1. The van der Waals surface area contributed by atoms with Gasteiger partial charge in [-0.2, -0.15) is 15.0 Å². The van der Waals surface area contributed by atoms with Gasteiger partial charge in [-0.1, -0.05) is 17.4 Å². The molecular weight excluding hydrogens is 388 g/mol. The minimum absolute atomic E-state index is 0.183. The summed E-state index contributed by atoms with van der Waals surface area (Å²) in [6.45, 7) is 0. The molecule has 0 aliphatic rings. The van der Waals surface area contributed by atoms with Gasteiger partial charge >= 0.3 is 0 Å². The first-order valence-corrected chi connectivity index (χ1v) is 10.5. The van der Waals surface area contributed by atoms with Crippen molar-refractivity contribution in [3.8, 4) is 11.9 Å². The molecule has 3 heterocycles. The SMILES string of the molecule is CNc1nc(CS(C)(=O)=O)sc1/N=N/c1c(C#N)cnn1-c1ccccn1. The Hall–Kier alpha value is -3.17. The van der Waals surface area contributed by atoms with Gasteiger partial charge in [0.25, 0.3) is 0 Å². The largest absolute Gasteiger partial charge is 0.371 e. The van der Waals surface area contributed by atoms with E-state index >= 15 is 0 Å². The van der Waals surface area contributed by atoms with Crippen LogP contribution >= 0.6 is 11.3 Å². The van der Waals surface area contributed by atoms with Crippen molar-refractivity contribution in [2.75, 3.05) is 18.6 Å². The minimum Gasteiger partial charge on any atom is -0.371 e. The third kappa shape index (κ3) is 4.33. The number of thiazole rings is 1. The summed E-state index contributed by atoms with van der Waals surface area (Å²) in [5, 5.41) is 25.4. The van der Waals surface area contributed by atoms with Crippen molar-refractivity contribution >= 4 is 37.8 Å². The van der Waals surface area contributed by atoms with Crippen LogP contribution in [0, 0.1) is 11.3 Å². The summed E-state index contributed by atoms with van der Waals surface area (Å²) in [5.41, 5.74) is 0.233. The molecule has 0 amide bonds. The van der Waals surface area contributed by atoms with Gasteiger partial charge in [0.1, 0.15) is 22.4 Å². The first-order valence-electron chi connectivity index (χ1n) is 7.57. The number of aromatic nitrogens is 4. The number of rotatable bonds is 6. The number of anilines is 1. The topological polar surface area (TPSA) is 138 Å². The van der Waals surface area contributed by atoms with Gasteiger partial charge in [-0.15, -0.1) is 10.2 Å². The lowest BCUT2D eigenvalue weighted by molar-refractivity contribution is 0.601. The van der Waals surface area contributed by atoms with E-state index in [2.05, 4.69) is 30.6 Å². The molecule has 0 spiro atoms. The zero-order chi connectivity index (χ0) is 19.4. The summed E-state index contributed by atoms with van der Waals surface area (Å²) in [6.07, 6.45) is 4.12. The van der Waals surface area contributed by atoms with Crippen LogP contribution in [-0.4, -0.2) is 41.5 Å². The number of nitrogens with zero attached hydrogens (tertiary/aromatic N) is 7. The van der Waals surface area contributed by atoms with Crippen LogP contribution in [0.2, 0.25) is 0 Å². The quantitative estimate of drug-likeness (QED) is 0.625. The van der Waals surface area contributed by atoms with E-state index in [9.17, 15) is 13.7 Å². The summed E-state index contributed by atoms with van der Waals surface area (Å²) in [4.78, 5) is 8.40. The van der Waals surface area contributed by atoms with Gasteiger partial charge in [0.2, 0.25) is 0 Å². The first-order chi connectivity index (χ1) is 12.9. The predicted octanol–water partition coefficient (Wildman–Crippen LogP) is 2.60. The fourth-order valence-corrected chi connectivity index (χ4v) is 4.21. The highest BCUT2D eigenvalue weighted by molar-refractivity contribution is 7.90. The van der Waals surface area contributed by atoms with Gasteiger partial charge in [0.05, 0.1) is 6.20 Å². The molecule has 3 aromatic rings. The fourth-order valence-electron chi connectivity index (χ4n) is 2.13.